The molecule has 1 fully saturated rings. The van der Waals surface area contributed by atoms with Crippen molar-refractivity contribution in [2.24, 2.45) is 11.1 Å². The molecule has 0 amide bonds. The second-order valence-electron chi connectivity index (χ2n) is 3.42. The minimum atomic E-state index is -3.44. The quantitative estimate of drug-likeness (QED) is 0.676. The van der Waals surface area contributed by atoms with Crippen LogP contribution in [0, 0.1) is 5.92 Å². The van der Waals surface area contributed by atoms with Gasteiger partial charge in [0, 0.05) is 0 Å². The fraction of sp³-hybridized carbons (Fsp3) is 1.00. The molecule has 1 aliphatic heterocycles. The SMILES string of the molecule is NS(=O)(=O)CCC1CCS(=O)(=O)C1. The fourth-order valence-electron chi connectivity index (χ4n) is 1.43. The molecule has 7 heteroatoms. The molecule has 1 saturated heterocycles. The van der Waals surface area contributed by atoms with Gasteiger partial charge in [-0.05, 0) is 18.8 Å². The summed E-state index contributed by atoms with van der Waals surface area (Å²) in [5, 5.41) is 4.80. The summed E-state index contributed by atoms with van der Waals surface area (Å²) in [5.74, 6) is 0.154. The van der Waals surface area contributed by atoms with Crippen molar-refractivity contribution in [1.82, 2.24) is 0 Å². The zero-order chi connectivity index (χ0) is 10.1. The van der Waals surface area contributed by atoms with Crippen molar-refractivity contribution < 1.29 is 16.8 Å². The molecular formula is C6H13NO4S2. The zero-order valence-corrected chi connectivity index (χ0v) is 8.77. The van der Waals surface area contributed by atoms with E-state index in [0.717, 1.165) is 0 Å². The summed E-state index contributed by atoms with van der Waals surface area (Å²) in [4.78, 5) is 0. The molecule has 1 aliphatic rings. The molecule has 0 bridgehead atoms. The summed E-state index contributed by atoms with van der Waals surface area (Å²) in [6.45, 7) is 0. The highest BCUT2D eigenvalue weighted by molar-refractivity contribution is 7.91. The molecule has 78 valence electrons. The van der Waals surface area contributed by atoms with Crippen LogP contribution in [-0.4, -0.2) is 34.1 Å². The molecule has 0 aliphatic carbocycles. The van der Waals surface area contributed by atoms with Gasteiger partial charge in [-0.25, -0.2) is 22.0 Å². The second kappa shape index (κ2) is 3.55. The molecule has 1 rings (SSSR count). The van der Waals surface area contributed by atoms with Crippen LogP contribution < -0.4 is 5.14 Å². The maximum Gasteiger partial charge on any atom is 0.209 e. The van der Waals surface area contributed by atoms with E-state index >= 15 is 0 Å². The van der Waals surface area contributed by atoms with E-state index in [4.69, 9.17) is 5.14 Å². The number of nitrogens with two attached hydrogens (primary N) is 1. The Kier molecular flexibility index (Phi) is 2.98. The lowest BCUT2D eigenvalue weighted by atomic mass is 10.1. The Balaban J connectivity index is 2.42. The molecule has 0 aromatic carbocycles. The van der Waals surface area contributed by atoms with Crippen LogP contribution in [0.25, 0.3) is 0 Å². The Morgan fingerprint density at radius 3 is 2.38 bits per heavy atom. The number of hydrogen-bond acceptors (Lipinski definition) is 4. The highest BCUT2D eigenvalue weighted by Crippen LogP contribution is 2.21. The molecule has 0 spiro atoms. The summed E-state index contributed by atoms with van der Waals surface area (Å²) in [6.07, 6.45) is 0.927. The lowest BCUT2D eigenvalue weighted by Crippen LogP contribution is -2.19. The van der Waals surface area contributed by atoms with Gasteiger partial charge in [0.15, 0.2) is 9.84 Å². The molecule has 5 nitrogen and oxygen atoms in total. The summed E-state index contributed by atoms with van der Waals surface area (Å²) in [6, 6.07) is 0. The third kappa shape index (κ3) is 4.06. The van der Waals surface area contributed by atoms with Crippen LogP contribution in [0.1, 0.15) is 12.8 Å². The monoisotopic (exact) mass is 227 g/mol. The van der Waals surface area contributed by atoms with E-state index in [2.05, 4.69) is 0 Å². The van der Waals surface area contributed by atoms with E-state index in [0.29, 0.717) is 12.8 Å². The van der Waals surface area contributed by atoms with Crippen molar-refractivity contribution >= 4 is 19.9 Å². The Bertz CT molecular complexity index is 369. The first-order chi connectivity index (χ1) is 5.79. The number of sulfonamides is 1. The van der Waals surface area contributed by atoms with Gasteiger partial charge in [-0.3, -0.25) is 0 Å². The van der Waals surface area contributed by atoms with Gasteiger partial charge in [0.1, 0.15) is 0 Å². The molecule has 1 heterocycles. The standard InChI is InChI=1S/C6H13NO4S2/c7-13(10,11)4-2-6-1-3-12(8,9)5-6/h6H,1-5H2,(H2,7,10,11). The van der Waals surface area contributed by atoms with Gasteiger partial charge in [0.05, 0.1) is 17.3 Å². The van der Waals surface area contributed by atoms with Crippen LogP contribution in [0.2, 0.25) is 0 Å². The van der Waals surface area contributed by atoms with Crippen molar-refractivity contribution in [2.75, 3.05) is 17.3 Å². The van der Waals surface area contributed by atoms with Gasteiger partial charge < -0.3 is 0 Å². The van der Waals surface area contributed by atoms with Gasteiger partial charge in [0.2, 0.25) is 10.0 Å². The average molecular weight is 227 g/mol. The normalized spacial score (nSPS) is 27.6. The van der Waals surface area contributed by atoms with Gasteiger partial charge in [-0.1, -0.05) is 0 Å². The third-order valence-corrected chi connectivity index (χ3v) is 4.78. The smallest absolute Gasteiger partial charge is 0.209 e. The number of rotatable bonds is 3. The second-order valence-corrected chi connectivity index (χ2v) is 7.39. The predicted molar refractivity (Wildman–Crippen MR) is 49.4 cm³/mol. The highest BCUT2D eigenvalue weighted by atomic mass is 32.2. The minimum absolute atomic E-state index is 0.0247. The van der Waals surface area contributed by atoms with Crippen molar-refractivity contribution in [3.63, 3.8) is 0 Å². The lowest BCUT2D eigenvalue weighted by molar-refractivity contribution is 0.552. The number of hydrogen-bond donors (Lipinski definition) is 1. The lowest BCUT2D eigenvalue weighted by Gasteiger charge is -2.04. The van der Waals surface area contributed by atoms with Crippen molar-refractivity contribution in [3.05, 3.63) is 0 Å². The number of sulfone groups is 1. The van der Waals surface area contributed by atoms with Gasteiger partial charge in [-0.15, -0.1) is 0 Å². The number of primary sulfonamides is 1. The van der Waals surface area contributed by atoms with Crippen LogP contribution in [0.3, 0.4) is 0 Å². The first kappa shape index (κ1) is 10.9. The molecule has 1 atom stereocenters. The van der Waals surface area contributed by atoms with Crippen molar-refractivity contribution in [1.29, 1.82) is 0 Å². The summed E-state index contributed by atoms with van der Waals surface area (Å²) in [5.41, 5.74) is 0. The Morgan fingerprint density at radius 1 is 1.38 bits per heavy atom. The highest BCUT2D eigenvalue weighted by Gasteiger charge is 2.28. The fourth-order valence-corrected chi connectivity index (χ4v) is 4.00. The van der Waals surface area contributed by atoms with Crippen LogP contribution in [0.4, 0.5) is 0 Å². The van der Waals surface area contributed by atoms with Crippen LogP contribution in [-0.2, 0) is 19.9 Å². The van der Waals surface area contributed by atoms with Crippen molar-refractivity contribution in [3.8, 4) is 0 Å². The first-order valence-corrected chi connectivity index (χ1v) is 7.53. The van der Waals surface area contributed by atoms with E-state index in [-0.39, 0.29) is 23.2 Å². The maximum atomic E-state index is 11.0. The Morgan fingerprint density at radius 2 is 2.00 bits per heavy atom. The molecule has 13 heavy (non-hydrogen) atoms. The molecular weight excluding hydrogens is 214 g/mol. The molecule has 1 unspecified atom stereocenters. The molecule has 0 radical (unpaired) electrons. The topological polar surface area (TPSA) is 94.3 Å². The molecule has 0 saturated carbocycles. The largest absolute Gasteiger partial charge is 0.229 e. The Labute approximate surface area is 78.3 Å². The van der Waals surface area contributed by atoms with E-state index in [1.54, 1.807) is 0 Å². The first-order valence-electron chi connectivity index (χ1n) is 3.99. The molecule has 0 aromatic rings. The summed E-state index contributed by atoms with van der Waals surface area (Å²) >= 11 is 0. The van der Waals surface area contributed by atoms with Crippen LogP contribution in [0.15, 0.2) is 0 Å². The van der Waals surface area contributed by atoms with E-state index in [1.165, 1.54) is 0 Å². The Hall–Kier alpha value is -0.140. The van der Waals surface area contributed by atoms with Gasteiger partial charge in [-0.2, -0.15) is 0 Å². The molecule has 2 N–H and O–H groups in total. The average Bonchev–Trinajstić information content (AvgIpc) is 2.24. The predicted octanol–water partition coefficient (Wildman–Crippen LogP) is -0.900. The minimum Gasteiger partial charge on any atom is -0.229 e. The van der Waals surface area contributed by atoms with E-state index in [1.807, 2.05) is 0 Å². The van der Waals surface area contributed by atoms with Crippen LogP contribution >= 0.6 is 0 Å². The molecule has 0 aromatic heterocycles. The van der Waals surface area contributed by atoms with E-state index in [9.17, 15) is 16.8 Å². The van der Waals surface area contributed by atoms with Crippen LogP contribution in [0.5, 0.6) is 0 Å². The van der Waals surface area contributed by atoms with E-state index < -0.39 is 19.9 Å². The third-order valence-electron chi connectivity index (χ3n) is 2.14. The zero-order valence-electron chi connectivity index (χ0n) is 7.14. The van der Waals surface area contributed by atoms with Gasteiger partial charge >= 0.3 is 0 Å². The van der Waals surface area contributed by atoms with Gasteiger partial charge in [0.25, 0.3) is 0 Å². The maximum absolute atomic E-state index is 11.0. The summed E-state index contributed by atoms with van der Waals surface area (Å²) in [7, 11) is -6.34. The van der Waals surface area contributed by atoms with Crippen molar-refractivity contribution in [2.45, 2.75) is 12.8 Å². The summed E-state index contributed by atoms with van der Waals surface area (Å²) < 4.78 is 43.1.